The number of nitrogens with two attached hydrogens (primary N) is 1. The Morgan fingerprint density at radius 2 is 2.50 bits per heavy atom. The Morgan fingerprint density at radius 3 is 3.00 bits per heavy atom. The lowest BCUT2D eigenvalue weighted by molar-refractivity contribution is 0.0978. The van der Waals surface area contributed by atoms with Gasteiger partial charge in [-0.05, 0) is 24.8 Å². The molecule has 1 unspecified atom stereocenters. The Morgan fingerprint density at radius 1 is 1.75 bits per heavy atom. The van der Waals surface area contributed by atoms with E-state index in [0.717, 1.165) is 12.0 Å². The van der Waals surface area contributed by atoms with Gasteiger partial charge in [-0.3, -0.25) is 4.79 Å². The van der Waals surface area contributed by atoms with Crippen molar-refractivity contribution in [2.45, 2.75) is 25.8 Å². The maximum absolute atomic E-state index is 11.4. The molecule has 0 fully saturated rings. The fraction of sp³-hybridized carbons (Fsp3) is 0.444. The molecule has 1 aromatic heterocycles. The van der Waals surface area contributed by atoms with Crippen molar-refractivity contribution in [3.63, 3.8) is 0 Å². The summed E-state index contributed by atoms with van der Waals surface area (Å²) in [5.74, 6) is 0.202. The quantitative estimate of drug-likeness (QED) is 0.726. The molecule has 1 atom stereocenters. The lowest BCUT2D eigenvalue weighted by Crippen LogP contribution is -2.16. The van der Waals surface area contributed by atoms with E-state index >= 15 is 0 Å². The van der Waals surface area contributed by atoms with Gasteiger partial charge >= 0.3 is 0 Å². The van der Waals surface area contributed by atoms with E-state index in [0.29, 0.717) is 6.42 Å². The minimum atomic E-state index is 0.118. The van der Waals surface area contributed by atoms with Gasteiger partial charge in [0.25, 0.3) is 0 Å². The predicted octanol–water partition coefficient (Wildman–Crippen LogP) is 2.06. The Kier molecular flexibility index (Phi) is 3.44. The van der Waals surface area contributed by atoms with Crippen molar-refractivity contribution in [1.29, 1.82) is 0 Å². The first-order valence-electron chi connectivity index (χ1n) is 4.01. The standard InChI is InChI=1S/C9H13NOS/c1-7(10)2-3-9(11)8-4-5-12-6-8/h4-7H,2-3,10H2,1H3. The van der Waals surface area contributed by atoms with Crippen LogP contribution in [0.3, 0.4) is 0 Å². The number of hydrogen-bond donors (Lipinski definition) is 1. The van der Waals surface area contributed by atoms with E-state index in [1.807, 2.05) is 23.8 Å². The molecule has 0 aliphatic rings. The molecule has 0 aromatic carbocycles. The van der Waals surface area contributed by atoms with Gasteiger partial charge in [-0.25, -0.2) is 0 Å². The Hall–Kier alpha value is -0.670. The Bertz CT molecular complexity index is 241. The second-order valence-corrected chi connectivity index (χ2v) is 3.73. The largest absolute Gasteiger partial charge is 0.328 e. The molecule has 3 heteroatoms. The molecule has 1 rings (SSSR count). The van der Waals surface area contributed by atoms with Gasteiger partial charge in [0, 0.05) is 23.4 Å². The van der Waals surface area contributed by atoms with Crippen molar-refractivity contribution in [3.8, 4) is 0 Å². The molecular weight excluding hydrogens is 170 g/mol. The summed E-state index contributed by atoms with van der Waals surface area (Å²) in [6.45, 7) is 1.92. The van der Waals surface area contributed by atoms with Crippen LogP contribution in [0.4, 0.5) is 0 Å². The van der Waals surface area contributed by atoms with Crippen molar-refractivity contribution in [3.05, 3.63) is 22.4 Å². The second-order valence-electron chi connectivity index (χ2n) is 2.95. The van der Waals surface area contributed by atoms with Crippen LogP contribution in [0.2, 0.25) is 0 Å². The molecule has 0 amide bonds. The third kappa shape index (κ3) is 2.75. The molecule has 2 N–H and O–H groups in total. The lowest BCUT2D eigenvalue weighted by Gasteiger charge is -2.01. The van der Waals surface area contributed by atoms with Crippen molar-refractivity contribution < 1.29 is 4.79 Å². The molecule has 0 aliphatic heterocycles. The van der Waals surface area contributed by atoms with Crippen molar-refractivity contribution in [2.24, 2.45) is 5.73 Å². The van der Waals surface area contributed by atoms with Gasteiger partial charge in [0.1, 0.15) is 0 Å². The third-order valence-corrected chi connectivity index (χ3v) is 2.35. The molecule has 2 nitrogen and oxygen atoms in total. The zero-order valence-electron chi connectivity index (χ0n) is 7.12. The van der Waals surface area contributed by atoms with Crippen LogP contribution in [0.1, 0.15) is 30.1 Å². The van der Waals surface area contributed by atoms with Gasteiger partial charge in [0.2, 0.25) is 0 Å². The molecular formula is C9H13NOS. The molecule has 0 bridgehead atoms. The number of Topliss-reactive ketones (excluding diaryl/α,β-unsaturated/α-hetero) is 1. The number of carbonyl (C=O) groups is 1. The monoisotopic (exact) mass is 183 g/mol. The van der Waals surface area contributed by atoms with Crippen LogP contribution in [0.5, 0.6) is 0 Å². The average molecular weight is 183 g/mol. The SMILES string of the molecule is CC(N)CCC(=O)c1ccsc1. The molecule has 0 radical (unpaired) electrons. The number of ketones is 1. The van der Waals surface area contributed by atoms with E-state index in [-0.39, 0.29) is 11.8 Å². The van der Waals surface area contributed by atoms with E-state index in [4.69, 9.17) is 5.73 Å². The molecule has 1 aromatic rings. The normalized spacial score (nSPS) is 12.8. The van der Waals surface area contributed by atoms with Crippen LogP contribution in [-0.4, -0.2) is 11.8 Å². The highest BCUT2D eigenvalue weighted by atomic mass is 32.1. The van der Waals surface area contributed by atoms with Crippen LogP contribution in [0, 0.1) is 0 Å². The van der Waals surface area contributed by atoms with Crippen molar-refractivity contribution >= 4 is 17.1 Å². The highest BCUT2D eigenvalue weighted by Crippen LogP contribution is 2.10. The van der Waals surface area contributed by atoms with Gasteiger partial charge in [0.05, 0.1) is 0 Å². The number of rotatable bonds is 4. The second kappa shape index (κ2) is 4.38. The first kappa shape index (κ1) is 9.42. The molecule has 0 saturated heterocycles. The minimum absolute atomic E-state index is 0.118. The Labute approximate surface area is 76.4 Å². The molecule has 0 aliphatic carbocycles. The molecule has 66 valence electrons. The smallest absolute Gasteiger partial charge is 0.163 e. The van der Waals surface area contributed by atoms with Crippen molar-refractivity contribution in [2.75, 3.05) is 0 Å². The van der Waals surface area contributed by atoms with Gasteiger partial charge in [-0.15, -0.1) is 0 Å². The van der Waals surface area contributed by atoms with E-state index in [2.05, 4.69) is 0 Å². The summed E-state index contributed by atoms with van der Waals surface area (Å²) in [4.78, 5) is 11.4. The summed E-state index contributed by atoms with van der Waals surface area (Å²) in [5.41, 5.74) is 6.36. The van der Waals surface area contributed by atoms with Crippen LogP contribution < -0.4 is 5.73 Å². The first-order chi connectivity index (χ1) is 5.70. The summed E-state index contributed by atoms with van der Waals surface area (Å²) in [6.07, 6.45) is 1.34. The highest BCUT2D eigenvalue weighted by molar-refractivity contribution is 7.08. The maximum atomic E-state index is 11.4. The van der Waals surface area contributed by atoms with Crippen molar-refractivity contribution in [1.82, 2.24) is 0 Å². The summed E-state index contributed by atoms with van der Waals surface area (Å²) >= 11 is 1.55. The fourth-order valence-electron chi connectivity index (χ4n) is 0.926. The lowest BCUT2D eigenvalue weighted by atomic mass is 10.1. The van der Waals surface area contributed by atoms with Gasteiger partial charge < -0.3 is 5.73 Å². The topological polar surface area (TPSA) is 43.1 Å². The molecule has 12 heavy (non-hydrogen) atoms. The van der Waals surface area contributed by atoms with Gasteiger partial charge in [0.15, 0.2) is 5.78 Å². The summed E-state index contributed by atoms with van der Waals surface area (Å²) in [5, 5.41) is 3.79. The summed E-state index contributed by atoms with van der Waals surface area (Å²) < 4.78 is 0. The molecule has 1 heterocycles. The third-order valence-electron chi connectivity index (χ3n) is 1.67. The number of carbonyl (C=O) groups excluding carboxylic acids is 1. The zero-order chi connectivity index (χ0) is 8.97. The van der Waals surface area contributed by atoms with E-state index < -0.39 is 0 Å². The van der Waals surface area contributed by atoms with Gasteiger partial charge in [-0.2, -0.15) is 11.3 Å². The molecule has 0 saturated carbocycles. The van der Waals surface area contributed by atoms with Crippen LogP contribution in [0.15, 0.2) is 16.8 Å². The Balaban J connectivity index is 2.40. The zero-order valence-corrected chi connectivity index (χ0v) is 7.93. The van der Waals surface area contributed by atoms with E-state index in [9.17, 15) is 4.79 Å². The fourth-order valence-corrected chi connectivity index (χ4v) is 1.59. The van der Waals surface area contributed by atoms with Gasteiger partial charge in [-0.1, -0.05) is 0 Å². The molecule has 0 spiro atoms. The average Bonchev–Trinajstić information content (AvgIpc) is 2.51. The van der Waals surface area contributed by atoms with E-state index in [1.165, 1.54) is 0 Å². The highest BCUT2D eigenvalue weighted by Gasteiger charge is 2.06. The number of thiophene rings is 1. The number of hydrogen-bond acceptors (Lipinski definition) is 3. The maximum Gasteiger partial charge on any atom is 0.163 e. The summed E-state index contributed by atoms with van der Waals surface area (Å²) in [7, 11) is 0. The minimum Gasteiger partial charge on any atom is -0.328 e. The van der Waals surface area contributed by atoms with Crippen LogP contribution in [-0.2, 0) is 0 Å². The van der Waals surface area contributed by atoms with E-state index in [1.54, 1.807) is 11.3 Å². The van der Waals surface area contributed by atoms with Crippen LogP contribution >= 0.6 is 11.3 Å². The summed E-state index contributed by atoms with van der Waals surface area (Å²) in [6, 6.07) is 1.97. The first-order valence-corrected chi connectivity index (χ1v) is 4.95. The van der Waals surface area contributed by atoms with Crippen LogP contribution in [0.25, 0.3) is 0 Å². The predicted molar refractivity (Wildman–Crippen MR) is 51.5 cm³/mol.